The number of nitrogens with zero attached hydrogens (tertiary/aromatic N) is 5. The number of hydrogen-bond donors (Lipinski definition) is 3. The van der Waals surface area contributed by atoms with E-state index in [1.165, 1.54) is 29.4 Å². The van der Waals surface area contributed by atoms with Gasteiger partial charge in [-0.25, -0.2) is 28.2 Å². The second-order valence-electron chi connectivity index (χ2n) is 12.2. The number of nitrogens with one attached hydrogen (secondary N) is 1. The van der Waals surface area contributed by atoms with E-state index in [2.05, 4.69) is 25.6 Å². The van der Waals surface area contributed by atoms with Crippen LogP contribution in [-0.4, -0.2) is 77.0 Å². The number of thioether (sulfide) groups is 1. The van der Waals surface area contributed by atoms with Crippen LogP contribution in [-0.2, 0) is 22.1 Å². The highest BCUT2D eigenvalue weighted by Gasteiger charge is 2.47. The number of alkyl halides is 3. The summed E-state index contributed by atoms with van der Waals surface area (Å²) >= 11 is 1.37. The summed E-state index contributed by atoms with van der Waals surface area (Å²) in [5.41, 5.74) is -0.467. The van der Waals surface area contributed by atoms with Crippen LogP contribution in [0.4, 0.5) is 27.8 Å². The molecule has 2 aromatic heterocycles. The Bertz CT molecular complexity index is 1910. The molecule has 2 saturated carbocycles. The summed E-state index contributed by atoms with van der Waals surface area (Å²) in [7, 11) is 0. The van der Waals surface area contributed by atoms with Crippen LogP contribution in [0.1, 0.15) is 72.1 Å². The van der Waals surface area contributed by atoms with Crippen molar-refractivity contribution >= 4 is 40.5 Å². The Morgan fingerprint density at radius 2 is 1.86 bits per heavy atom. The van der Waals surface area contributed by atoms with Crippen LogP contribution in [0.2, 0.25) is 0 Å². The van der Waals surface area contributed by atoms with Crippen molar-refractivity contribution in [1.82, 2.24) is 25.0 Å². The molecule has 0 aliphatic heterocycles. The molecule has 6 rings (SSSR count). The maximum Gasteiger partial charge on any atom is 0.416 e. The maximum absolute atomic E-state index is 13.9. The summed E-state index contributed by atoms with van der Waals surface area (Å²) in [5.74, 6) is -2.57. The van der Waals surface area contributed by atoms with E-state index in [1.807, 2.05) is 6.92 Å². The number of benzene rings is 2. The lowest BCUT2D eigenvalue weighted by atomic mass is 9.99. The molecule has 2 aromatic carbocycles. The summed E-state index contributed by atoms with van der Waals surface area (Å²) < 4.78 is 74.1. The van der Waals surface area contributed by atoms with Crippen LogP contribution in [0.25, 0.3) is 11.2 Å². The van der Waals surface area contributed by atoms with Gasteiger partial charge in [0.05, 0.1) is 23.3 Å². The standard InChI is InChI=1S/C32H31F5N6O5S/c1-3-8-49-31-39-28(38-22-12-19(22)15-4-7-20(33)21(34)11-15)25-29(40-31)43(42-41-25)23-13-24(45)27(26(23)46)48-30(47)18-6-5-17(32(35,36)37)10-16(18)9-14(2)44/h4-7,10-11,19,22-24,26-27,45-46H,3,8-9,12-13H2,1-2H3,(H,38,39,40)/t19?,22-,23-,24+,26?,27?/m1/s1. The maximum atomic E-state index is 13.9. The number of carbonyl (C=O) groups excluding carboxylic acids is 2. The van der Waals surface area contributed by atoms with Crippen molar-refractivity contribution in [2.24, 2.45) is 0 Å². The molecule has 2 aliphatic rings. The highest BCUT2D eigenvalue weighted by atomic mass is 32.2. The topological polar surface area (TPSA) is 152 Å². The fraction of sp³-hybridized carbons (Fsp3) is 0.438. The van der Waals surface area contributed by atoms with Crippen molar-refractivity contribution in [2.75, 3.05) is 11.1 Å². The van der Waals surface area contributed by atoms with Crippen LogP contribution in [0.3, 0.4) is 0 Å². The van der Waals surface area contributed by atoms with Gasteiger partial charge in [0.25, 0.3) is 0 Å². The lowest BCUT2D eigenvalue weighted by Gasteiger charge is -2.22. The minimum absolute atomic E-state index is 0.107. The van der Waals surface area contributed by atoms with E-state index < -0.39 is 65.9 Å². The molecular formula is C32H31F5N6O5S. The first-order valence-corrected chi connectivity index (χ1v) is 16.5. The van der Waals surface area contributed by atoms with Gasteiger partial charge < -0.3 is 20.3 Å². The summed E-state index contributed by atoms with van der Waals surface area (Å²) in [6.07, 6.45) is -8.31. The van der Waals surface area contributed by atoms with E-state index >= 15 is 0 Å². The Morgan fingerprint density at radius 3 is 2.55 bits per heavy atom. The van der Waals surface area contributed by atoms with Crippen molar-refractivity contribution in [3.05, 3.63) is 70.3 Å². The van der Waals surface area contributed by atoms with Gasteiger partial charge in [-0.05, 0) is 61.2 Å². The third kappa shape index (κ3) is 7.23. The van der Waals surface area contributed by atoms with E-state index in [1.54, 1.807) is 0 Å². The Balaban J connectivity index is 1.25. The second-order valence-corrected chi connectivity index (χ2v) is 13.2. The van der Waals surface area contributed by atoms with Crippen LogP contribution in [0.5, 0.6) is 0 Å². The Labute approximate surface area is 280 Å². The zero-order chi connectivity index (χ0) is 35.2. The zero-order valence-corrected chi connectivity index (χ0v) is 26.9. The number of aromatic nitrogens is 5. The fourth-order valence-corrected chi connectivity index (χ4v) is 6.66. The number of rotatable bonds is 11. The quantitative estimate of drug-likeness (QED) is 0.0835. The summed E-state index contributed by atoms with van der Waals surface area (Å²) in [6, 6.07) is 4.90. The first-order valence-electron chi connectivity index (χ1n) is 15.5. The predicted molar refractivity (Wildman–Crippen MR) is 166 cm³/mol. The molecule has 4 aromatic rings. The number of halogens is 5. The molecule has 17 heteroatoms. The lowest BCUT2D eigenvalue weighted by Crippen LogP contribution is -2.36. The highest BCUT2D eigenvalue weighted by molar-refractivity contribution is 7.99. The minimum atomic E-state index is -4.71. The van der Waals surface area contributed by atoms with Crippen molar-refractivity contribution in [2.45, 2.75) is 87.2 Å². The van der Waals surface area contributed by atoms with E-state index in [0.717, 1.165) is 24.6 Å². The summed E-state index contributed by atoms with van der Waals surface area (Å²) in [4.78, 5) is 34.2. The SMILES string of the molecule is CCCSc1nc(N[C@@H]2CC2c2ccc(F)c(F)c2)c2nnn([C@@H]3C[C@H](O)C(OC(=O)c4ccc(C(F)(F)F)cc4CC(C)=O)C3O)c2n1. The molecule has 0 saturated heterocycles. The monoisotopic (exact) mass is 706 g/mol. The molecule has 3 unspecified atom stereocenters. The number of anilines is 1. The van der Waals surface area contributed by atoms with Crippen molar-refractivity contribution < 1.29 is 46.5 Å². The smallest absolute Gasteiger partial charge is 0.416 e. The normalized spacial score (nSPS) is 23.5. The Morgan fingerprint density at radius 1 is 1.08 bits per heavy atom. The molecule has 260 valence electrons. The fourth-order valence-electron chi connectivity index (χ4n) is 5.96. The molecule has 0 spiro atoms. The number of carbonyl (C=O) groups is 2. The molecule has 11 nitrogen and oxygen atoms in total. The van der Waals surface area contributed by atoms with Crippen LogP contribution < -0.4 is 5.32 Å². The van der Waals surface area contributed by atoms with Gasteiger partial charge >= 0.3 is 12.1 Å². The van der Waals surface area contributed by atoms with E-state index in [9.17, 15) is 41.8 Å². The number of ether oxygens (including phenoxy) is 1. The molecule has 0 radical (unpaired) electrons. The highest BCUT2D eigenvalue weighted by Crippen LogP contribution is 2.44. The predicted octanol–water partition coefficient (Wildman–Crippen LogP) is 5.01. The molecule has 2 aliphatic carbocycles. The van der Waals surface area contributed by atoms with Crippen molar-refractivity contribution in [3.8, 4) is 0 Å². The van der Waals surface area contributed by atoms with E-state index in [-0.39, 0.29) is 40.7 Å². The molecule has 3 N–H and O–H groups in total. The number of aliphatic hydroxyl groups excluding tert-OH is 2. The van der Waals surface area contributed by atoms with Gasteiger partial charge in [0.15, 0.2) is 39.9 Å². The molecule has 49 heavy (non-hydrogen) atoms. The van der Waals surface area contributed by atoms with E-state index in [0.29, 0.717) is 40.8 Å². The first kappa shape index (κ1) is 34.6. The molecular weight excluding hydrogens is 675 g/mol. The Kier molecular flexibility index (Phi) is 9.61. The molecule has 2 fully saturated rings. The third-order valence-electron chi connectivity index (χ3n) is 8.47. The summed E-state index contributed by atoms with van der Waals surface area (Å²) in [5, 5.41) is 34.3. The molecule has 0 amide bonds. The largest absolute Gasteiger partial charge is 0.453 e. The molecule has 0 bridgehead atoms. The van der Waals surface area contributed by atoms with Gasteiger partial charge in [-0.2, -0.15) is 13.2 Å². The number of aliphatic hydroxyl groups is 2. The van der Waals surface area contributed by atoms with Crippen LogP contribution >= 0.6 is 11.8 Å². The minimum Gasteiger partial charge on any atom is -0.453 e. The van der Waals surface area contributed by atoms with Crippen molar-refractivity contribution in [1.29, 1.82) is 0 Å². The number of esters is 1. The van der Waals surface area contributed by atoms with Crippen molar-refractivity contribution in [3.63, 3.8) is 0 Å². The van der Waals surface area contributed by atoms with Crippen LogP contribution in [0, 0.1) is 11.6 Å². The van der Waals surface area contributed by atoms with Gasteiger partial charge in [0, 0.05) is 30.6 Å². The number of hydrogen-bond acceptors (Lipinski definition) is 11. The average molecular weight is 707 g/mol. The van der Waals surface area contributed by atoms with Gasteiger partial charge in [0.1, 0.15) is 11.9 Å². The molecule has 6 atom stereocenters. The Hall–Kier alpha value is -4.22. The second kappa shape index (κ2) is 13.6. The summed E-state index contributed by atoms with van der Waals surface area (Å²) in [6.45, 7) is 3.15. The van der Waals surface area contributed by atoms with Gasteiger partial charge in [-0.1, -0.05) is 30.0 Å². The first-order chi connectivity index (χ1) is 23.2. The average Bonchev–Trinajstić information content (AvgIpc) is 3.59. The number of ketones is 1. The lowest BCUT2D eigenvalue weighted by molar-refractivity contribution is -0.137. The molecule has 2 heterocycles. The van der Waals surface area contributed by atoms with Crippen LogP contribution in [0.15, 0.2) is 41.6 Å². The zero-order valence-electron chi connectivity index (χ0n) is 26.1. The van der Waals surface area contributed by atoms with Gasteiger partial charge in [0.2, 0.25) is 0 Å². The number of Topliss-reactive ketones (excluding diaryl/α,β-unsaturated/α-hetero) is 1. The van der Waals surface area contributed by atoms with Gasteiger partial charge in [-0.15, -0.1) is 5.10 Å². The van der Waals surface area contributed by atoms with E-state index in [4.69, 9.17) is 4.74 Å². The third-order valence-corrected chi connectivity index (χ3v) is 9.52. The van der Waals surface area contributed by atoms with Gasteiger partial charge in [-0.3, -0.25) is 4.79 Å². The number of fused-ring (bicyclic) bond motifs is 1.